The smallest absolute Gasteiger partial charge is 0.259 e. The maximum Gasteiger partial charge on any atom is 0.259 e. The maximum atomic E-state index is 13.0. The van der Waals surface area contributed by atoms with Gasteiger partial charge in [-0.2, -0.15) is 0 Å². The molecule has 0 aromatic carbocycles. The lowest BCUT2D eigenvalue weighted by Crippen LogP contribution is -2.42. The molecule has 0 aliphatic carbocycles. The number of rotatable bonds is 4. The summed E-state index contributed by atoms with van der Waals surface area (Å²) in [6, 6.07) is 5.85. The first kappa shape index (κ1) is 17.4. The maximum absolute atomic E-state index is 13.0. The van der Waals surface area contributed by atoms with Crippen LogP contribution in [0.3, 0.4) is 0 Å². The van der Waals surface area contributed by atoms with Crippen LogP contribution in [0.5, 0.6) is 0 Å². The lowest BCUT2D eigenvalue weighted by atomic mass is 10.1. The fourth-order valence-corrected chi connectivity index (χ4v) is 2.97. The molecular weight excluding hydrogens is 320 g/mol. The van der Waals surface area contributed by atoms with Crippen LogP contribution >= 0.6 is 0 Å². The summed E-state index contributed by atoms with van der Waals surface area (Å²) in [4.78, 5) is 21.3. The summed E-state index contributed by atoms with van der Waals surface area (Å²) in [6.45, 7) is 5.25. The molecule has 25 heavy (non-hydrogen) atoms. The summed E-state index contributed by atoms with van der Waals surface area (Å²) in [5.74, 6) is 1.39. The number of anilines is 1. The van der Waals surface area contributed by atoms with Gasteiger partial charge in [-0.05, 0) is 25.5 Å². The van der Waals surface area contributed by atoms with Crippen molar-refractivity contribution in [3.05, 3.63) is 40.9 Å². The van der Waals surface area contributed by atoms with Crippen LogP contribution in [0.2, 0.25) is 0 Å². The topological polar surface area (TPSA) is 71.7 Å². The van der Waals surface area contributed by atoms with Gasteiger partial charge in [-0.3, -0.25) is 4.79 Å². The normalized spacial score (nSPS) is 17.6. The highest BCUT2D eigenvalue weighted by molar-refractivity contribution is 5.96. The summed E-state index contributed by atoms with van der Waals surface area (Å²) < 4.78 is 11.1. The second-order valence-electron chi connectivity index (χ2n) is 6.34. The third kappa shape index (κ3) is 3.51. The van der Waals surface area contributed by atoms with Gasteiger partial charge in [0.1, 0.15) is 23.2 Å². The van der Waals surface area contributed by atoms with Gasteiger partial charge in [0.15, 0.2) is 0 Å². The molecule has 134 valence electrons. The monoisotopic (exact) mass is 344 g/mol. The van der Waals surface area contributed by atoms with Gasteiger partial charge in [0, 0.05) is 20.6 Å². The molecule has 1 unspecified atom stereocenters. The van der Waals surface area contributed by atoms with Gasteiger partial charge in [0.25, 0.3) is 5.91 Å². The van der Waals surface area contributed by atoms with E-state index in [4.69, 9.17) is 9.26 Å². The Bertz CT molecular complexity index is 757. The lowest BCUT2D eigenvalue weighted by molar-refractivity contribution is -0.0247. The molecule has 2 aromatic heterocycles. The number of aromatic nitrogens is 2. The Labute approximate surface area is 147 Å². The molecule has 2 aromatic rings. The van der Waals surface area contributed by atoms with Crippen LogP contribution in [-0.2, 0) is 11.2 Å². The number of hydrogen-bond acceptors (Lipinski definition) is 6. The minimum absolute atomic E-state index is 0.0485. The minimum atomic E-state index is -0.233. The van der Waals surface area contributed by atoms with E-state index in [0.29, 0.717) is 43.1 Å². The highest BCUT2D eigenvalue weighted by Gasteiger charge is 2.30. The van der Waals surface area contributed by atoms with E-state index >= 15 is 0 Å². The summed E-state index contributed by atoms with van der Waals surface area (Å²) in [5.41, 5.74) is 2.12. The van der Waals surface area contributed by atoms with Crippen LogP contribution < -0.4 is 4.90 Å². The van der Waals surface area contributed by atoms with Crippen molar-refractivity contribution in [1.82, 2.24) is 15.0 Å². The summed E-state index contributed by atoms with van der Waals surface area (Å²) in [5, 5.41) is 3.99. The number of amides is 1. The minimum Gasteiger partial charge on any atom is -0.368 e. The van der Waals surface area contributed by atoms with Gasteiger partial charge in [0.2, 0.25) is 0 Å². The Balaban J connectivity index is 1.80. The molecule has 0 spiro atoms. The Kier molecular flexibility index (Phi) is 5.03. The van der Waals surface area contributed by atoms with Crippen LogP contribution in [0, 0.1) is 6.92 Å². The SMILES string of the molecule is CCc1noc(C)c1C(=O)N1CCOC(c2cccc(N(C)C)n2)C1. The molecule has 1 aliphatic heterocycles. The Hall–Kier alpha value is -2.41. The molecule has 0 bridgehead atoms. The molecule has 1 saturated heterocycles. The quantitative estimate of drug-likeness (QED) is 0.847. The first-order valence-corrected chi connectivity index (χ1v) is 8.51. The summed E-state index contributed by atoms with van der Waals surface area (Å²) in [7, 11) is 3.90. The zero-order valence-electron chi connectivity index (χ0n) is 15.2. The van der Waals surface area contributed by atoms with Crippen LogP contribution in [-0.4, -0.2) is 54.7 Å². The predicted octanol–water partition coefficient (Wildman–Crippen LogP) is 2.22. The van der Waals surface area contributed by atoms with E-state index in [9.17, 15) is 4.79 Å². The number of pyridine rings is 1. The zero-order chi connectivity index (χ0) is 18.0. The fraction of sp³-hybridized carbons (Fsp3) is 0.500. The van der Waals surface area contributed by atoms with E-state index in [0.717, 1.165) is 11.5 Å². The van der Waals surface area contributed by atoms with E-state index in [1.54, 1.807) is 11.8 Å². The van der Waals surface area contributed by atoms with Gasteiger partial charge in [0.05, 0.1) is 24.5 Å². The zero-order valence-corrected chi connectivity index (χ0v) is 15.2. The molecule has 7 nitrogen and oxygen atoms in total. The van der Waals surface area contributed by atoms with E-state index < -0.39 is 0 Å². The van der Waals surface area contributed by atoms with Crippen molar-refractivity contribution in [2.75, 3.05) is 38.7 Å². The third-order valence-corrected chi connectivity index (χ3v) is 4.38. The molecule has 0 saturated carbocycles. The summed E-state index contributed by atoms with van der Waals surface area (Å²) >= 11 is 0. The van der Waals surface area contributed by atoms with Crippen LogP contribution in [0.25, 0.3) is 0 Å². The van der Waals surface area contributed by atoms with Gasteiger partial charge in [-0.1, -0.05) is 18.1 Å². The molecule has 3 rings (SSSR count). The first-order valence-electron chi connectivity index (χ1n) is 8.51. The van der Waals surface area contributed by atoms with Crippen molar-refractivity contribution in [3.63, 3.8) is 0 Å². The number of carbonyl (C=O) groups excluding carboxylic acids is 1. The second kappa shape index (κ2) is 7.23. The molecule has 7 heteroatoms. The van der Waals surface area contributed by atoms with Crippen molar-refractivity contribution in [2.24, 2.45) is 0 Å². The van der Waals surface area contributed by atoms with Crippen molar-refractivity contribution < 1.29 is 14.1 Å². The van der Waals surface area contributed by atoms with Crippen LogP contribution in [0.4, 0.5) is 5.82 Å². The van der Waals surface area contributed by atoms with Gasteiger partial charge < -0.3 is 19.1 Å². The lowest BCUT2D eigenvalue weighted by Gasteiger charge is -2.33. The molecular formula is C18H24N4O3. The number of ether oxygens (including phenoxy) is 1. The van der Waals surface area contributed by atoms with Crippen molar-refractivity contribution in [1.29, 1.82) is 0 Å². The average molecular weight is 344 g/mol. The summed E-state index contributed by atoms with van der Waals surface area (Å²) in [6.07, 6.45) is 0.432. The Morgan fingerprint density at radius 1 is 1.40 bits per heavy atom. The number of hydrogen-bond donors (Lipinski definition) is 0. The van der Waals surface area contributed by atoms with Crippen LogP contribution in [0.15, 0.2) is 22.7 Å². The number of morpholine rings is 1. The molecule has 1 fully saturated rings. The van der Waals surface area contributed by atoms with Crippen molar-refractivity contribution in [3.8, 4) is 0 Å². The van der Waals surface area contributed by atoms with E-state index in [2.05, 4.69) is 10.1 Å². The van der Waals surface area contributed by atoms with E-state index in [1.807, 2.05) is 44.1 Å². The van der Waals surface area contributed by atoms with Gasteiger partial charge in [-0.25, -0.2) is 4.98 Å². The predicted molar refractivity (Wildman–Crippen MR) is 93.8 cm³/mol. The highest BCUT2D eigenvalue weighted by atomic mass is 16.5. The number of nitrogens with zero attached hydrogens (tertiary/aromatic N) is 4. The van der Waals surface area contributed by atoms with Gasteiger partial charge >= 0.3 is 0 Å². The van der Waals surface area contributed by atoms with Crippen molar-refractivity contribution in [2.45, 2.75) is 26.4 Å². The van der Waals surface area contributed by atoms with Crippen LogP contribution in [0.1, 0.15) is 40.5 Å². The highest BCUT2D eigenvalue weighted by Crippen LogP contribution is 2.25. The molecule has 3 heterocycles. The Morgan fingerprint density at radius 2 is 2.20 bits per heavy atom. The van der Waals surface area contributed by atoms with E-state index in [1.165, 1.54) is 0 Å². The average Bonchev–Trinajstić information content (AvgIpc) is 3.02. The molecule has 0 radical (unpaired) electrons. The van der Waals surface area contributed by atoms with Gasteiger partial charge in [-0.15, -0.1) is 0 Å². The second-order valence-corrected chi connectivity index (χ2v) is 6.34. The van der Waals surface area contributed by atoms with E-state index in [-0.39, 0.29) is 12.0 Å². The number of aryl methyl sites for hydroxylation is 2. The molecule has 0 N–H and O–H groups in total. The molecule has 1 amide bonds. The standard InChI is InChI=1S/C18H24N4O3/c1-5-13-17(12(2)25-20-13)18(23)22-9-10-24-15(11-22)14-7-6-8-16(19-14)21(3)4/h6-8,15H,5,9-11H2,1-4H3. The van der Waals surface area contributed by atoms with Crippen molar-refractivity contribution >= 4 is 11.7 Å². The largest absolute Gasteiger partial charge is 0.368 e. The molecule has 1 atom stereocenters. The number of carbonyl (C=O) groups is 1. The Morgan fingerprint density at radius 3 is 2.92 bits per heavy atom. The fourth-order valence-electron chi connectivity index (χ4n) is 2.97. The molecule has 1 aliphatic rings. The first-order chi connectivity index (χ1) is 12.0. The third-order valence-electron chi connectivity index (χ3n) is 4.38.